The molecule has 3 unspecified atom stereocenters. The van der Waals surface area contributed by atoms with Crippen molar-refractivity contribution in [2.75, 3.05) is 6.61 Å². The molecule has 3 N–H and O–H groups in total. The van der Waals surface area contributed by atoms with E-state index in [1.54, 1.807) is 0 Å². The highest BCUT2D eigenvalue weighted by atomic mass is 32.9. The van der Waals surface area contributed by atoms with Gasteiger partial charge in [0.2, 0.25) is 0 Å². The number of aliphatic imine (C=N–C) groups is 1. The van der Waals surface area contributed by atoms with Crippen LogP contribution in [0.2, 0.25) is 0 Å². The van der Waals surface area contributed by atoms with Crippen LogP contribution in [0.3, 0.4) is 0 Å². The molecule has 2 aliphatic carbocycles. The van der Waals surface area contributed by atoms with Crippen LogP contribution in [0.4, 0.5) is 0 Å². The van der Waals surface area contributed by atoms with E-state index in [2.05, 4.69) is 41.1 Å². The Morgan fingerprint density at radius 2 is 2.21 bits per heavy atom. The Hall–Kier alpha value is -0.240. The topological polar surface area (TPSA) is 84.9 Å². The van der Waals surface area contributed by atoms with E-state index in [1.807, 2.05) is 0 Å². The zero-order valence-electron chi connectivity index (χ0n) is 11.6. The Labute approximate surface area is 119 Å². The Morgan fingerprint density at radius 1 is 1.58 bits per heavy atom. The van der Waals surface area contributed by atoms with Crippen molar-refractivity contribution in [3.05, 3.63) is 0 Å². The van der Waals surface area contributed by atoms with Crippen LogP contribution in [0.1, 0.15) is 40.0 Å². The smallest absolute Gasteiger partial charge is 0.266 e. The van der Waals surface area contributed by atoms with Crippen molar-refractivity contribution in [1.29, 1.82) is 0 Å². The molecule has 0 aromatic rings. The minimum absolute atomic E-state index is 0.150. The Balaban J connectivity index is 2.09. The molecule has 7 heteroatoms. The van der Waals surface area contributed by atoms with E-state index in [9.17, 15) is 4.21 Å². The summed E-state index contributed by atoms with van der Waals surface area (Å²) < 4.78 is 24.3. The zero-order valence-corrected chi connectivity index (χ0v) is 13.2. The fraction of sp³-hybridized carbons (Fsp3) is 0.917. The van der Waals surface area contributed by atoms with Crippen molar-refractivity contribution < 1.29 is 12.9 Å². The van der Waals surface area contributed by atoms with Gasteiger partial charge in [0.25, 0.3) is 9.05 Å². The Morgan fingerprint density at radius 3 is 2.63 bits per heavy atom. The predicted octanol–water partition coefficient (Wildman–Crippen LogP) is 1.71. The maximum Gasteiger partial charge on any atom is 0.266 e. The highest BCUT2D eigenvalue weighted by Crippen LogP contribution is 2.66. The Bertz CT molecular complexity index is 501. The fourth-order valence-corrected chi connectivity index (χ4v) is 4.14. The zero-order chi connectivity index (χ0) is 14.5. The van der Waals surface area contributed by atoms with Crippen LogP contribution in [-0.2, 0) is 24.4 Å². The summed E-state index contributed by atoms with van der Waals surface area (Å²) in [7, 11) is -3.63. The summed E-state index contributed by atoms with van der Waals surface area (Å²) in [5, 5.41) is 0. The van der Waals surface area contributed by atoms with E-state index in [0.29, 0.717) is 5.92 Å². The first-order chi connectivity index (χ1) is 8.56. The van der Waals surface area contributed by atoms with Gasteiger partial charge in [0.15, 0.2) is 0 Å². The van der Waals surface area contributed by atoms with E-state index in [1.165, 1.54) is 6.42 Å². The lowest BCUT2D eigenvalue weighted by molar-refractivity contribution is 0.137. The first kappa shape index (κ1) is 15.2. The van der Waals surface area contributed by atoms with Crippen molar-refractivity contribution in [2.45, 2.75) is 46.1 Å². The standard InChI is InChI=1S/C12H22N2O3S2/c1-11(2)8-4-5-12(11,3)9(6-8)14-10(13)7-17-19(15,16)18/h8-9H,4-7H2,1-3H3,(H2,13,14)(H,15,16,18)/t8?,9-,12?/m0/s1. The Kier molecular flexibility index (Phi) is 3.71. The van der Waals surface area contributed by atoms with Crippen molar-refractivity contribution >= 4 is 26.1 Å². The molecule has 0 amide bonds. The molecular weight excluding hydrogens is 284 g/mol. The number of amidine groups is 1. The molecule has 0 radical (unpaired) electrons. The van der Waals surface area contributed by atoms with Crippen molar-refractivity contribution in [3.8, 4) is 0 Å². The van der Waals surface area contributed by atoms with Gasteiger partial charge in [-0.2, -0.15) is 4.21 Å². The normalized spacial score (nSPS) is 40.3. The van der Waals surface area contributed by atoms with Gasteiger partial charge in [0.05, 0.1) is 6.04 Å². The highest BCUT2D eigenvalue weighted by Gasteiger charge is 2.61. The van der Waals surface area contributed by atoms with Gasteiger partial charge in [-0.1, -0.05) is 20.8 Å². The second-order valence-electron chi connectivity index (χ2n) is 6.44. The molecule has 19 heavy (non-hydrogen) atoms. The van der Waals surface area contributed by atoms with Gasteiger partial charge in [0.1, 0.15) is 12.4 Å². The van der Waals surface area contributed by atoms with E-state index in [4.69, 9.17) is 10.3 Å². The van der Waals surface area contributed by atoms with Crippen LogP contribution in [0.15, 0.2) is 4.99 Å². The third kappa shape index (κ3) is 2.66. The van der Waals surface area contributed by atoms with Gasteiger partial charge < -0.3 is 5.73 Å². The minimum atomic E-state index is -3.63. The summed E-state index contributed by atoms with van der Waals surface area (Å²) in [6, 6.07) is 0.171. The molecule has 0 saturated heterocycles. The maximum atomic E-state index is 10.9. The maximum absolute atomic E-state index is 10.9. The number of fused-ring (bicyclic) bond motifs is 2. The second-order valence-corrected chi connectivity index (χ2v) is 8.79. The summed E-state index contributed by atoms with van der Waals surface area (Å²) in [6.45, 7) is 6.69. The third-order valence-corrected chi connectivity index (χ3v) is 6.13. The lowest BCUT2D eigenvalue weighted by atomic mass is 9.69. The van der Waals surface area contributed by atoms with Gasteiger partial charge >= 0.3 is 0 Å². The van der Waals surface area contributed by atoms with Crippen LogP contribution < -0.4 is 5.73 Å². The first-order valence-electron chi connectivity index (χ1n) is 6.50. The molecule has 2 bridgehead atoms. The predicted molar refractivity (Wildman–Crippen MR) is 78.7 cm³/mol. The van der Waals surface area contributed by atoms with Gasteiger partial charge in [-0.25, -0.2) is 0 Å². The van der Waals surface area contributed by atoms with Crippen molar-refractivity contribution in [3.63, 3.8) is 0 Å². The van der Waals surface area contributed by atoms with Gasteiger partial charge in [-0.3, -0.25) is 13.7 Å². The fourth-order valence-electron chi connectivity index (χ4n) is 3.73. The number of nitrogens with two attached hydrogens (primary N) is 1. The quantitative estimate of drug-likeness (QED) is 0.610. The first-order valence-corrected chi connectivity index (χ1v) is 8.87. The average Bonchev–Trinajstić information content (AvgIpc) is 2.58. The molecular formula is C12H22N2O3S2. The second kappa shape index (κ2) is 4.65. The lowest BCUT2D eigenvalue weighted by Gasteiger charge is -2.37. The molecule has 110 valence electrons. The molecule has 5 nitrogen and oxygen atoms in total. The molecule has 2 rings (SSSR count). The molecule has 2 saturated carbocycles. The molecule has 0 spiro atoms. The molecule has 0 aliphatic heterocycles. The van der Waals surface area contributed by atoms with Crippen molar-refractivity contribution in [1.82, 2.24) is 0 Å². The SMILES string of the molecule is CC1(C)C2CCC1(C)[C@@H](N=C(N)COS(=O)(O)=S)C2. The summed E-state index contributed by atoms with van der Waals surface area (Å²) >= 11 is 4.25. The molecule has 0 aromatic heterocycles. The molecule has 2 aliphatic rings. The van der Waals surface area contributed by atoms with Crippen LogP contribution in [0.25, 0.3) is 0 Å². The summed E-state index contributed by atoms with van der Waals surface area (Å²) in [5.74, 6) is 0.933. The lowest BCUT2D eigenvalue weighted by Crippen LogP contribution is -2.36. The van der Waals surface area contributed by atoms with E-state index in [-0.39, 0.29) is 29.3 Å². The average molecular weight is 306 g/mol. The highest BCUT2D eigenvalue weighted by molar-refractivity contribution is 8.27. The summed E-state index contributed by atoms with van der Waals surface area (Å²) in [6.07, 6.45) is 3.44. The molecule has 4 atom stereocenters. The van der Waals surface area contributed by atoms with E-state index < -0.39 is 9.05 Å². The molecule has 0 aromatic carbocycles. The van der Waals surface area contributed by atoms with Crippen LogP contribution >= 0.6 is 0 Å². The van der Waals surface area contributed by atoms with Gasteiger partial charge in [0, 0.05) is 11.2 Å². The largest absolute Gasteiger partial charge is 0.385 e. The molecule has 2 fully saturated rings. The monoisotopic (exact) mass is 306 g/mol. The van der Waals surface area contributed by atoms with Gasteiger partial charge in [-0.15, -0.1) is 0 Å². The number of hydrogen-bond acceptors (Lipinski definition) is 4. The van der Waals surface area contributed by atoms with E-state index in [0.717, 1.165) is 12.8 Å². The number of rotatable bonds is 4. The van der Waals surface area contributed by atoms with Crippen LogP contribution in [0.5, 0.6) is 0 Å². The summed E-state index contributed by atoms with van der Waals surface area (Å²) in [4.78, 5) is 4.52. The third-order valence-electron chi connectivity index (χ3n) is 5.43. The van der Waals surface area contributed by atoms with Crippen molar-refractivity contribution in [2.24, 2.45) is 27.5 Å². The summed E-state index contributed by atoms with van der Waals surface area (Å²) in [5.41, 5.74) is 6.20. The van der Waals surface area contributed by atoms with Crippen LogP contribution in [-0.4, -0.2) is 27.2 Å². The van der Waals surface area contributed by atoms with Crippen LogP contribution in [0, 0.1) is 16.7 Å². The minimum Gasteiger partial charge on any atom is -0.385 e. The number of nitrogens with zero attached hydrogens (tertiary/aromatic N) is 1. The van der Waals surface area contributed by atoms with E-state index >= 15 is 0 Å². The van der Waals surface area contributed by atoms with Gasteiger partial charge in [-0.05, 0) is 36.0 Å². The number of hydrogen-bond donors (Lipinski definition) is 2. The molecule has 0 heterocycles.